The molecule has 180 valence electrons. The van der Waals surface area contributed by atoms with Crippen LogP contribution in [0.25, 0.3) is 0 Å². The minimum atomic E-state index is -0.239. The number of nitrogens with zero attached hydrogens (tertiary/aromatic N) is 2. The Morgan fingerprint density at radius 2 is 2.03 bits per heavy atom. The molecule has 1 aliphatic heterocycles. The Morgan fingerprint density at radius 3 is 2.73 bits per heavy atom. The number of amides is 3. The van der Waals surface area contributed by atoms with Crippen molar-refractivity contribution in [3.63, 3.8) is 0 Å². The van der Waals surface area contributed by atoms with Gasteiger partial charge in [0.2, 0.25) is 5.91 Å². The molecule has 0 saturated carbocycles. The largest absolute Gasteiger partial charge is 0.491 e. The lowest BCUT2D eigenvalue weighted by molar-refractivity contribution is -0.135. The third-order valence-corrected chi connectivity index (χ3v) is 6.69. The Bertz CT molecular complexity index is 919. The van der Waals surface area contributed by atoms with Gasteiger partial charge in [0, 0.05) is 42.7 Å². The number of carbonyl (C=O) groups excluding carboxylic acids is 2. The summed E-state index contributed by atoms with van der Waals surface area (Å²) in [5.41, 5.74) is 1.12. The van der Waals surface area contributed by atoms with Crippen LogP contribution in [0.15, 0.2) is 35.7 Å². The fraction of sp³-hybridized carbons (Fsp3) is 0.500. The van der Waals surface area contributed by atoms with E-state index in [1.165, 1.54) is 4.88 Å². The molecule has 1 aromatic carbocycles. The van der Waals surface area contributed by atoms with E-state index < -0.39 is 0 Å². The summed E-state index contributed by atoms with van der Waals surface area (Å²) in [7, 11) is 1.63. The highest BCUT2D eigenvalue weighted by Gasteiger charge is 2.33. The fourth-order valence-corrected chi connectivity index (χ4v) is 4.88. The van der Waals surface area contributed by atoms with Gasteiger partial charge in [-0.3, -0.25) is 4.79 Å². The molecule has 1 aliphatic rings. The summed E-state index contributed by atoms with van der Waals surface area (Å²) in [6, 6.07) is 8.80. The third kappa shape index (κ3) is 7.09. The van der Waals surface area contributed by atoms with E-state index in [1.807, 2.05) is 30.9 Å². The summed E-state index contributed by atoms with van der Waals surface area (Å²) in [5.74, 6) is 0.611. The highest BCUT2D eigenvalue weighted by molar-refractivity contribution is 7.10. The second-order valence-corrected chi connectivity index (χ2v) is 9.73. The summed E-state index contributed by atoms with van der Waals surface area (Å²) in [5, 5.41) is 5.59. The van der Waals surface area contributed by atoms with Gasteiger partial charge in [0.05, 0.1) is 6.04 Å². The maximum atomic E-state index is 13.4. The van der Waals surface area contributed by atoms with Crippen molar-refractivity contribution in [3.05, 3.63) is 51.2 Å². The maximum Gasteiger partial charge on any atom is 0.318 e. The number of thiophene rings is 1. The zero-order chi connectivity index (χ0) is 23.8. The van der Waals surface area contributed by atoms with Crippen LogP contribution >= 0.6 is 22.9 Å². The van der Waals surface area contributed by atoms with Crippen LogP contribution in [0.2, 0.25) is 5.02 Å². The van der Waals surface area contributed by atoms with Crippen molar-refractivity contribution in [1.29, 1.82) is 0 Å². The standard InChI is InChI=1S/C24H32ClN3O4S/c1-17(2)26-24(30)27(11-4-13-31-3)15-23(29)28-12-9-22-20(10-14-33-22)21(28)16-32-19-7-5-18(25)6-8-19/h5-8,10,14,17,21H,4,9,11-13,15-16H2,1-3H3,(H,26,30). The molecule has 1 aromatic heterocycles. The predicted octanol–water partition coefficient (Wildman–Crippen LogP) is 4.36. The molecule has 2 heterocycles. The first-order valence-electron chi connectivity index (χ1n) is 11.2. The van der Waals surface area contributed by atoms with Crippen molar-refractivity contribution in [2.24, 2.45) is 0 Å². The Kier molecular flexibility index (Phi) is 9.41. The number of hydrogen-bond donors (Lipinski definition) is 1. The highest BCUT2D eigenvalue weighted by atomic mass is 35.5. The predicted molar refractivity (Wildman–Crippen MR) is 131 cm³/mol. The van der Waals surface area contributed by atoms with E-state index in [1.54, 1.807) is 35.5 Å². The zero-order valence-corrected chi connectivity index (χ0v) is 21.0. The number of carbonyl (C=O) groups is 2. The van der Waals surface area contributed by atoms with E-state index in [4.69, 9.17) is 21.1 Å². The van der Waals surface area contributed by atoms with Gasteiger partial charge in [-0.2, -0.15) is 0 Å². The van der Waals surface area contributed by atoms with E-state index in [0.717, 1.165) is 12.0 Å². The van der Waals surface area contributed by atoms with Crippen LogP contribution in [-0.2, 0) is 16.0 Å². The zero-order valence-electron chi connectivity index (χ0n) is 19.4. The molecule has 0 bridgehead atoms. The molecule has 2 aromatic rings. The topological polar surface area (TPSA) is 71.1 Å². The van der Waals surface area contributed by atoms with Crippen LogP contribution in [-0.4, -0.2) is 67.7 Å². The van der Waals surface area contributed by atoms with Gasteiger partial charge in [-0.05, 0) is 68.0 Å². The number of ether oxygens (including phenoxy) is 2. The summed E-state index contributed by atoms with van der Waals surface area (Å²) in [6.45, 7) is 5.72. The van der Waals surface area contributed by atoms with Gasteiger partial charge >= 0.3 is 6.03 Å². The molecule has 1 atom stereocenters. The van der Waals surface area contributed by atoms with E-state index in [0.29, 0.717) is 43.5 Å². The Balaban J connectivity index is 1.73. The van der Waals surface area contributed by atoms with Crippen LogP contribution < -0.4 is 10.1 Å². The van der Waals surface area contributed by atoms with Gasteiger partial charge in [0.1, 0.15) is 18.9 Å². The summed E-state index contributed by atoms with van der Waals surface area (Å²) >= 11 is 7.68. The van der Waals surface area contributed by atoms with Crippen LogP contribution in [0, 0.1) is 0 Å². The van der Waals surface area contributed by atoms with E-state index >= 15 is 0 Å². The first-order valence-corrected chi connectivity index (χ1v) is 12.4. The third-order valence-electron chi connectivity index (χ3n) is 5.44. The number of nitrogens with one attached hydrogen (secondary N) is 1. The van der Waals surface area contributed by atoms with Crippen molar-refractivity contribution in [1.82, 2.24) is 15.1 Å². The van der Waals surface area contributed by atoms with Crippen molar-refractivity contribution < 1.29 is 19.1 Å². The second kappa shape index (κ2) is 12.3. The lowest BCUT2D eigenvalue weighted by Gasteiger charge is -2.37. The molecule has 1 N–H and O–H groups in total. The minimum Gasteiger partial charge on any atom is -0.491 e. The van der Waals surface area contributed by atoms with Crippen LogP contribution in [0.1, 0.15) is 36.8 Å². The molecule has 0 saturated heterocycles. The average molecular weight is 494 g/mol. The highest BCUT2D eigenvalue weighted by Crippen LogP contribution is 2.34. The first-order chi connectivity index (χ1) is 15.9. The number of halogens is 1. The van der Waals surface area contributed by atoms with Gasteiger partial charge < -0.3 is 24.6 Å². The van der Waals surface area contributed by atoms with Gasteiger partial charge in [-0.15, -0.1) is 11.3 Å². The van der Waals surface area contributed by atoms with Gasteiger partial charge in [0.25, 0.3) is 0 Å². The number of hydrogen-bond acceptors (Lipinski definition) is 5. The van der Waals surface area contributed by atoms with E-state index in [9.17, 15) is 9.59 Å². The van der Waals surface area contributed by atoms with Crippen LogP contribution in [0.5, 0.6) is 5.75 Å². The summed E-state index contributed by atoms with van der Waals surface area (Å²) in [6.07, 6.45) is 1.46. The lowest BCUT2D eigenvalue weighted by atomic mass is 10.0. The minimum absolute atomic E-state index is 0.0126. The summed E-state index contributed by atoms with van der Waals surface area (Å²) < 4.78 is 11.2. The van der Waals surface area contributed by atoms with Gasteiger partial charge in [-0.1, -0.05) is 11.6 Å². The maximum absolute atomic E-state index is 13.4. The number of rotatable bonds is 10. The molecule has 3 rings (SSSR count). The first kappa shape index (κ1) is 25.3. The molecule has 0 aliphatic carbocycles. The molecule has 7 nitrogen and oxygen atoms in total. The smallest absolute Gasteiger partial charge is 0.318 e. The molecule has 9 heteroatoms. The van der Waals surface area contributed by atoms with E-state index in [-0.39, 0.29) is 30.6 Å². The molecule has 33 heavy (non-hydrogen) atoms. The van der Waals surface area contributed by atoms with Gasteiger partial charge in [-0.25, -0.2) is 4.79 Å². The van der Waals surface area contributed by atoms with Crippen molar-refractivity contribution >= 4 is 34.9 Å². The molecule has 0 spiro atoms. The Hall–Kier alpha value is -2.29. The summed E-state index contributed by atoms with van der Waals surface area (Å²) in [4.78, 5) is 30.8. The van der Waals surface area contributed by atoms with Crippen molar-refractivity contribution in [2.45, 2.75) is 38.8 Å². The Morgan fingerprint density at radius 1 is 1.27 bits per heavy atom. The van der Waals surface area contributed by atoms with Gasteiger partial charge in [0.15, 0.2) is 0 Å². The number of benzene rings is 1. The van der Waals surface area contributed by atoms with Crippen LogP contribution in [0.3, 0.4) is 0 Å². The van der Waals surface area contributed by atoms with Crippen LogP contribution in [0.4, 0.5) is 4.79 Å². The normalized spacial score (nSPS) is 15.3. The molecule has 0 radical (unpaired) electrons. The SMILES string of the molecule is COCCCN(CC(=O)N1CCc2sccc2C1COc1ccc(Cl)cc1)C(=O)NC(C)C. The fourth-order valence-electron chi connectivity index (χ4n) is 3.83. The number of methoxy groups -OCH3 is 1. The quantitative estimate of drug-likeness (QED) is 0.499. The monoisotopic (exact) mass is 493 g/mol. The lowest BCUT2D eigenvalue weighted by Crippen LogP contribution is -2.51. The number of urea groups is 1. The molecule has 1 unspecified atom stereocenters. The molecular weight excluding hydrogens is 462 g/mol. The van der Waals surface area contributed by atoms with Crippen molar-refractivity contribution in [2.75, 3.05) is 40.0 Å². The van der Waals surface area contributed by atoms with E-state index in [2.05, 4.69) is 16.8 Å². The van der Waals surface area contributed by atoms with Crippen molar-refractivity contribution in [3.8, 4) is 5.75 Å². The average Bonchev–Trinajstić information content (AvgIpc) is 3.26. The molecule has 3 amide bonds. The molecule has 0 fully saturated rings. The second-order valence-electron chi connectivity index (χ2n) is 8.29. The number of fused-ring (bicyclic) bond motifs is 1. The molecular formula is C24H32ClN3O4S. The Labute approximate surface area is 204 Å².